The van der Waals surface area contributed by atoms with Gasteiger partial charge in [0.25, 0.3) is 0 Å². The van der Waals surface area contributed by atoms with Gasteiger partial charge < -0.3 is 4.42 Å². The lowest BCUT2D eigenvalue weighted by molar-refractivity contribution is -0.116. The average Bonchev–Trinajstić information content (AvgIpc) is 3.14. The van der Waals surface area contributed by atoms with Gasteiger partial charge in [0.15, 0.2) is 0 Å². The Labute approximate surface area is 171 Å². The summed E-state index contributed by atoms with van der Waals surface area (Å²) in [6.07, 6.45) is 3.59. The highest BCUT2D eigenvalue weighted by atomic mass is 32.2. The third-order valence-corrected chi connectivity index (χ3v) is 5.70. The van der Waals surface area contributed by atoms with Crippen LogP contribution < -0.4 is 5.32 Å². The molecular formula is C20H20FN3O2S2. The molecule has 0 aliphatic carbocycles. The number of nitrogens with one attached hydrogen (secondary N) is 1. The van der Waals surface area contributed by atoms with Gasteiger partial charge >= 0.3 is 6.01 Å². The van der Waals surface area contributed by atoms with E-state index in [0.29, 0.717) is 25.2 Å². The molecule has 28 heavy (non-hydrogen) atoms. The second-order valence-electron chi connectivity index (χ2n) is 5.98. The predicted octanol–water partition coefficient (Wildman–Crippen LogP) is 5.03. The SMILES string of the molecule is CSc1ccc(Cc2nnc(NC(=O)CCCSc3ccc(F)cc3)o2)cc1. The summed E-state index contributed by atoms with van der Waals surface area (Å²) >= 11 is 3.27. The molecule has 0 spiro atoms. The minimum absolute atomic E-state index is 0.118. The zero-order valence-electron chi connectivity index (χ0n) is 15.4. The van der Waals surface area contributed by atoms with Gasteiger partial charge in [-0.15, -0.1) is 28.6 Å². The van der Waals surface area contributed by atoms with E-state index in [2.05, 4.69) is 15.5 Å². The van der Waals surface area contributed by atoms with Crippen molar-refractivity contribution < 1.29 is 13.6 Å². The third-order valence-electron chi connectivity index (χ3n) is 3.86. The molecule has 0 bridgehead atoms. The van der Waals surface area contributed by atoms with Crippen LogP contribution in [0, 0.1) is 5.82 Å². The van der Waals surface area contributed by atoms with Gasteiger partial charge in [-0.25, -0.2) is 4.39 Å². The molecule has 3 aromatic rings. The zero-order chi connectivity index (χ0) is 19.8. The van der Waals surface area contributed by atoms with Crippen molar-refractivity contribution in [3.63, 3.8) is 0 Å². The van der Waals surface area contributed by atoms with Crippen molar-refractivity contribution in [1.29, 1.82) is 0 Å². The number of rotatable bonds is 9. The molecule has 0 atom stereocenters. The lowest BCUT2D eigenvalue weighted by Gasteiger charge is -2.02. The van der Waals surface area contributed by atoms with Crippen LogP contribution in [0.5, 0.6) is 0 Å². The quantitative estimate of drug-likeness (QED) is 0.389. The number of hydrogen-bond donors (Lipinski definition) is 1. The number of hydrogen-bond acceptors (Lipinski definition) is 6. The standard InChI is InChI=1S/C20H20FN3O2S2/c1-27-16-8-4-14(5-9-16)13-19-23-24-20(26-19)22-18(25)3-2-12-28-17-10-6-15(21)7-11-17/h4-11H,2-3,12-13H2,1H3,(H,22,24,25). The van der Waals surface area contributed by atoms with Crippen LogP contribution in [0.4, 0.5) is 10.4 Å². The maximum Gasteiger partial charge on any atom is 0.322 e. The Kier molecular flexibility index (Phi) is 7.50. The van der Waals surface area contributed by atoms with Gasteiger partial charge in [-0.2, -0.15) is 0 Å². The molecule has 3 rings (SSSR count). The summed E-state index contributed by atoms with van der Waals surface area (Å²) in [6, 6.07) is 14.6. The Morgan fingerprint density at radius 1 is 1.07 bits per heavy atom. The largest absolute Gasteiger partial charge is 0.407 e. The van der Waals surface area contributed by atoms with E-state index in [1.165, 1.54) is 17.0 Å². The van der Waals surface area contributed by atoms with Crippen molar-refractivity contribution >= 4 is 35.4 Å². The van der Waals surface area contributed by atoms with Crippen molar-refractivity contribution in [2.24, 2.45) is 0 Å². The molecule has 1 N–H and O–H groups in total. The molecule has 0 saturated heterocycles. The first-order valence-corrected chi connectivity index (χ1v) is 11.0. The molecule has 0 unspecified atom stereocenters. The van der Waals surface area contributed by atoms with E-state index in [0.717, 1.165) is 16.2 Å². The average molecular weight is 418 g/mol. The van der Waals surface area contributed by atoms with Gasteiger partial charge in [0.1, 0.15) is 5.82 Å². The van der Waals surface area contributed by atoms with E-state index in [9.17, 15) is 9.18 Å². The first kappa shape index (κ1) is 20.4. The second kappa shape index (κ2) is 10.3. The monoisotopic (exact) mass is 417 g/mol. The van der Waals surface area contributed by atoms with Gasteiger partial charge in [0.05, 0.1) is 6.42 Å². The fraction of sp³-hybridized carbons (Fsp3) is 0.250. The number of halogens is 1. The molecule has 2 aromatic carbocycles. The van der Waals surface area contributed by atoms with E-state index < -0.39 is 0 Å². The lowest BCUT2D eigenvalue weighted by atomic mass is 10.1. The molecule has 0 aliphatic heterocycles. The number of nitrogens with zero attached hydrogens (tertiary/aromatic N) is 2. The highest BCUT2D eigenvalue weighted by Crippen LogP contribution is 2.20. The topological polar surface area (TPSA) is 68.0 Å². The van der Waals surface area contributed by atoms with Crippen molar-refractivity contribution in [2.45, 2.75) is 29.1 Å². The highest BCUT2D eigenvalue weighted by molar-refractivity contribution is 7.99. The summed E-state index contributed by atoms with van der Waals surface area (Å²) in [4.78, 5) is 14.2. The molecule has 1 aromatic heterocycles. The van der Waals surface area contributed by atoms with Gasteiger partial charge in [0, 0.05) is 16.2 Å². The summed E-state index contributed by atoms with van der Waals surface area (Å²) < 4.78 is 18.4. The number of amides is 1. The summed E-state index contributed by atoms with van der Waals surface area (Å²) in [7, 11) is 0. The van der Waals surface area contributed by atoms with E-state index in [1.54, 1.807) is 35.7 Å². The molecular weight excluding hydrogens is 397 g/mol. The third kappa shape index (κ3) is 6.38. The molecule has 1 heterocycles. The summed E-state index contributed by atoms with van der Waals surface area (Å²) in [5, 5.41) is 10.5. The Morgan fingerprint density at radius 3 is 2.50 bits per heavy atom. The number of benzene rings is 2. The Bertz CT molecular complexity index is 899. The van der Waals surface area contributed by atoms with Crippen LogP contribution in [-0.2, 0) is 11.2 Å². The summed E-state index contributed by atoms with van der Waals surface area (Å²) in [6.45, 7) is 0. The molecule has 5 nitrogen and oxygen atoms in total. The van der Waals surface area contributed by atoms with Gasteiger partial charge in [0.2, 0.25) is 11.8 Å². The van der Waals surface area contributed by atoms with E-state index in [1.807, 2.05) is 30.5 Å². The van der Waals surface area contributed by atoms with Crippen LogP contribution in [0.1, 0.15) is 24.3 Å². The number of thioether (sulfide) groups is 2. The second-order valence-corrected chi connectivity index (χ2v) is 8.03. The summed E-state index contributed by atoms with van der Waals surface area (Å²) in [5.74, 6) is 0.804. The van der Waals surface area contributed by atoms with Crippen LogP contribution in [0.2, 0.25) is 0 Å². The van der Waals surface area contributed by atoms with E-state index in [-0.39, 0.29) is 17.7 Å². The Morgan fingerprint density at radius 2 is 1.79 bits per heavy atom. The molecule has 8 heteroatoms. The molecule has 0 radical (unpaired) electrons. The van der Waals surface area contributed by atoms with Gasteiger partial charge in [-0.3, -0.25) is 10.1 Å². The smallest absolute Gasteiger partial charge is 0.322 e. The first-order chi connectivity index (χ1) is 13.6. The molecule has 1 amide bonds. The summed E-state index contributed by atoms with van der Waals surface area (Å²) in [5.41, 5.74) is 1.07. The van der Waals surface area contributed by atoms with Crippen LogP contribution in [0.15, 0.2) is 62.7 Å². The van der Waals surface area contributed by atoms with Crippen molar-refractivity contribution in [2.75, 3.05) is 17.3 Å². The number of carbonyl (C=O) groups excluding carboxylic acids is 1. The first-order valence-electron chi connectivity index (χ1n) is 8.76. The van der Waals surface area contributed by atoms with Crippen molar-refractivity contribution in [3.05, 3.63) is 65.8 Å². The van der Waals surface area contributed by atoms with Crippen LogP contribution in [0.25, 0.3) is 0 Å². The van der Waals surface area contributed by atoms with Crippen LogP contribution in [0.3, 0.4) is 0 Å². The van der Waals surface area contributed by atoms with E-state index in [4.69, 9.17) is 4.42 Å². The lowest BCUT2D eigenvalue weighted by Crippen LogP contribution is -2.11. The fourth-order valence-corrected chi connectivity index (χ4v) is 3.69. The van der Waals surface area contributed by atoms with Crippen LogP contribution >= 0.6 is 23.5 Å². The van der Waals surface area contributed by atoms with Gasteiger partial charge in [-0.05, 0) is 60.4 Å². The Hall–Kier alpha value is -2.32. The zero-order valence-corrected chi connectivity index (χ0v) is 17.0. The van der Waals surface area contributed by atoms with Crippen LogP contribution in [-0.4, -0.2) is 28.1 Å². The minimum atomic E-state index is -0.250. The van der Waals surface area contributed by atoms with Crippen molar-refractivity contribution in [1.82, 2.24) is 10.2 Å². The normalized spacial score (nSPS) is 10.8. The predicted molar refractivity (Wildman–Crippen MR) is 110 cm³/mol. The fourth-order valence-electron chi connectivity index (χ4n) is 2.43. The minimum Gasteiger partial charge on any atom is -0.407 e. The number of anilines is 1. The number of aromatic nitrogens is 2. The maximum atomic E-state index is 12.9. The van der Waals surface area contributed by atoms with Gasteiger partial charge in [-0.1, -0.05) is 17.2 Å². The molecule has 0 fully saturated rings. The van der Waals surface area contributed by atoms with Crippen molar-refractivity contribution in [3.8, 4) is 0 Å². The molecule has 0 aliphatic rings. The highest BCUT2D eigenvalue weighted by Gasteiger charge is 2.10. The number of carbonyl (C=O) groups is 1. The molecule has 0 saturated carbocycles. The Balaban J connectivity index is 1.40. The van der Waals surface area contributed by atoms with E-state index >= 15 is 0 Å². The molecule has 146 valence electrons. The maximum absolute atomic E-state index is 12.9.